The van der Waals surface area contributed by atoms with Crippen LogP contribution in [-0.2, 0) is 4.74 Å². The van der Waals surface area contributed by atoms with Crippen molar-refractivity contribution in [3.63, 3.8) is 0 Å². The van der Waals surface area contributed by atoms with Gasteiger partial charge in [0.1, 0.15) is 0 Å². The molecule has 0 aromatic rings. The number of hydrogen-bond donors (Lipinski definition) is 1. The predicted molar refractivity (Wildman–Crippen MR) is 64.2 cm³/mol. The van der Waals surface area contributed by atoms with Crippen LogP contribution in [0.2, 0.25) is 0 Å². The minimum Gasteiger partial charge on any atom is -0.379 e. The molecule has 3 atom stereocenters. The Labute approximate surface area is 94.2 Å². The van der Waals surface area contributed by atoms with Gasteiger partial charge in [-0.3, -0.25) is 4.90 Å². The van der Waals surface area contributed by atoms with Crippen LogP contribution in [0.25, 0.3) is 0 Å². The van der Waals surface area contributed by atoms with E-state index >= 15 is 0 Å². The van der Waals surface area contributed by atoms with Crippen LogP contribution in [0, 0.1) is 5.92 Å². The lowest BCUT2D eigenvalue weighted by molar-refractivity contribution is -0.00666. The molecule has 1 aliphatic rings. The second-order valence-corrected chi connectivity index (χ2v) is 4.70. The summed E-state index contributed by atoms with van der Waals surface area (Å²) in [6.45, 7) is 10.8. The smallest absolute Gasteiger partial charge is 0.0619 e. The lowest BCUT2D eigenvalue weighted by atomic mass is 9.98. The molecule has 1 saturated heterocycles. The van der Waals surface area contributed by atoms with Crippen LogP contribution in [0.3, 0.4) is 0 Å². The fourth-order valence-corrected chi connectivity index (χ4v) is 2.13. The second kappa shape index (κ2) is 6.46. The Kier molecular flexibility index (Phi) is 5.58. The molecule has 0 aromatic heterocycles. The largest absolute Gasteiger partial charge is 0.379 e. The van der Waals surface area contributed by atoms with Crippen LogP contribution in [0.5, 0.6) is 0 Å². The summed E-state index contributed by atoms with van der Waals surface area (Å²) in [6, 6.07) is 1.18. The Morgan fingerprint density at radius 2 is 2.27 bits per heavy atom. The highest BCUT2D eigenvalue weighted by molar-refractivity contribution is 4.79. The summed E-state index contributed by atoms with van der Waals surface area (Å²) in [7, 11) is 2.07. The fourth-order valence-electron chi connectivity index (χ4n) is 2.13. The normalized spacial score (nSPS) is 27.6. The second-order valence-electron chi connectivity index (χ2n) is 4.70. The van der Waals surface area contributed by atoms with E-state index in [9.17, 15) is 0 Å². The monoisotopic (exact) mass is 214 g/mol. The summed E-state index contributed by atoms with van der Waals surface area (Å²) in [6.07, 6.45) is 1.24. The van der Waals surface area contributed by atoms with Gasteiger partial charge in [-0.2, -0.15) is 0 Å². The molecule has 3 unspecified atom stereocenters. The molecule has 1 heterocycles. The molecule has 0 bridgehead atoms. The van der Waals surface area contributed by atoms with Gasteiger partial charge in [0.2, 0.25) is 0 Å². The molecule has 1 aliphatic heterocycles. The third kappa shape index (κ3) is 3.74. The quantitative estimate of drug-likeness (QED) is 0.747. The molecular weight excluding hydrogens is 188 g/mol. The van der Waals surface area contributed by atoms with Gasteiger partial charge in [-0.1, -0.05) is 20.3 Å². The van der Waals surface area contributed by atoms with E-state index in [0.29, 0.717) is 12.1 Å². The lowest BCUT2D eigenvalue weighted by Crippen LogP contribution is -2.51. The summed E-state index contributed by atoms with van der Waals surface area (Å²) < 4.78 is 5.45. The zero-order valence-corrected chi connectivity index (χ0v) is 10.6. The first-order valence-electron chi connectivity index (χ1n) is 6.18. The summed E-state index contributed by atoms with van der Waals surface area (Å²) >= 11 is 0. The van der Waals surface area contributed by atoms with Crippen molar-refractivity contribution in [2.75, 3.05) is 33.4 Å². The van der Waals surface area contributed by atoms with Crippen molar-refractivity contribution in [2.45, 2.75) is 39.3 Å². The van der Waals surface area contributed by atoms with Crippen molar-refractivity contribution >= 4 is 0 Å². The molecule has 0 aromatic carbocycles. The van der Waals surface area contributed by atoms with Crippen LogP contribution in [0.4, 0.5) is 0 Å². The van der Waals surface area contributed by atoms with Gasteiger partial charge in [0, 0.05) is 25.2 Å². The van der Waals surface area contributed by atoms with E-state index in [1.54, 1.807) is 0 Å². The average Bonchev–Trinajstić information content (AvgIpc) is 2.27. The van der Waals surface area contributed by atoms with Gasteiger partial charge < -0.3 is 10.1 Å². The Hall–Kier alpha value is -0.120. The van der Waals surface area contributed by atoms with E-state index in [4.69, 9.17) is 4.74 Å². The van der Waals surface area contributed by atoms with E-state index in [-0.39, 0.29) is 0 Å². The van der Waals surface area contributed by atoms with Gasteiger partial charge in [0.15, 0.2) is 0 Å². The molecule has 0 amide bonds. The Morgan fingerprint density at radius 1 is 1.53 bits per heavy atom. The van der Waals surface area contributed by atoms with Crippen molar-refractivity contribution in [1.82, 2.24) is 10.2 Å². The van der Waals surface area contributed by atoms with E-state index in [1.807, 2.05) is 0 Å². The summed E-state index contributed by atoms with van der Waals surface area (Å²) in [5.41, 5.74) is 0. The van der Waals surface area contributed by atoms with Crippen LogP contribution in [0.15, 0.2) is 0 Å². The molecule has 1 N–H and O–H groups in total. The maximum Gasteiger partial charge on any atom is 0.0619 e. The molecular formula is C12H26N2O. The van der Waals surface area contributed by atoms with Gasteiger partial charge in [0.25, 0.3) is 0 Å². The highest BCUT2D eigenvalue weighted by Gasteiger charge is 2.23. The molecule has 0 saturated carbocycles. The maximum absolute atomic E-state index is 5.45. The number of hydrogen-bond acceptors (Lipinski definition) is 3. The van der Waals surface area contributed by atoms with Gasteiger partial charge >= 0.3 is 0 Å². The molecule has 3 nitrogen and oxygen atoms in total. The van der Waals surface area contributed by atoms with Crippen molar-refractivity contribution in [3.05, 3.63) is 0 Å². The van der Waals surface area contributed by atoms with E-state index < -0.39 is 0 Å². The SMILES string of the molecule is CCC(C)C(CN1CCOCC1C)NC. The number of nitrogens with one attached hydrogen (secondary N) is 1. The Balaban J connectivity index is 2.42. The number of nitrogens with zero attached hydrogens (tertiary/aromatic N) is 1. The first-order chi connectivity index (χ1) is 7.19. The van der Waals surface area contributed by atoms with E-state index in [1.165, 1.54) is 6.42 Å². The Morgan fingerprint density at radius 3 is 2.80 bits per heavy atom. The zero-order chi connectivity index (χ0) is 11.3. The highest BCUT2D eigenvalue weighted by atomic mass is 16.5. The van der Waals surface area contributed by atoms with Gasteiger partial charge in [-0.25, -0.2) is 0 Å². The molecule has 1 fully saturated rings. The van der Waals surface area contributed by atoms with Gasteiger partial charge in [0.05, 0.1) is 13.2 Å². The van der Waals surface area contributed by atoms with E-state index in [2.05, 4.69) is 38.0 Å². The van der Waals surface area contributed by atoms with Gasteiger partial charge in [-0.15, -0.1) is 0 Å². The van der Waals surface area contributed by atoms with Crippen molar-refractivity contribution in [2.24, 2.45) is 5.92 Å². The van der Waals surface area contributed by atoms with Crippen molar-refractivity contribution < 1.29 is 4.74 Å². The Bertz CT molecular complexity index is 171. The first-order valence-corrected chi connectivity index (χ1v) is 6.18. The molecule has 1 rings (SSSR count). The van der Waals surface area contributed by atoms with Crippen molar-refractivity contribution in [3.8, 4) is 0 Å². The minimum atomic E-state index is 0.568. The third-order valence-electron chi connectivity index (χ3n) is 3.64. The van der Waals surface area contributed by atoms with E-state index in [0.717, 1.165) is 32.2 Å². The molecule has 15 heavy (non-hydrogen) atoms. The predicted octanol–water partition coefficient (Wildman–Crippen LogP) is 1.34. The summed E-state index contributed by atoms with van der Waals surface area (Å²) in [4.78, 5) is 2.54. The topological polar surface area (TPSA) is 24.5 Å². The molecule has 3 heteroatoms. The third-order valence-corrected chi connectivity index (χ3v) is 3.64. The number of rotatable bonds is 5. The molecule has 0 spiro atoms. The maximum atomic E-state index is 5.45. The van der Waals surface area contributed by atoms with Crippen LogP contribution in [0.1, 0.15) is 27.2 Å². The molecule has 90 valence electrons. The zero-order valence-electron chi connectivity index (χ0n) is 10.6. The van der Waals surface area contributed by atoms with Crippen LogP contribution >= 0.6 is 0 Å². The highest BCUT2D eigenvalue weighted by Crippen LogP contribution is 2.12. The number of morpholine rings is 1. The van der Waals surface area contributed by atoms with Crippen LogP contribution in [-0.4, -0.2) is 50.3 Å². The standard InChI is InChI=1S/C12H26N2O/c1-5-10(2)12(13-4)8-14-6-7-15-9-11(14)3/h10-13H,5-9H2,1-4H3. The molecule has 0 radical (unpaired) electrons. The summed E-state index contributed by atoms with van der Waals surface area (Å²) in [5.74, 6) is 0.741. The lowest BCUT2D eigenvalue weighted by Gasteiger charge is -2.37. The van der Waals surface area contributed by atoms with Crippen LogP contribution < -0.4 is 5.32 Å². The number of likely N-dealkylation sites (N-methyl/N-ethyl adjacent to an activating group) is 1. The molecule has 0 aliphatic carbocycles. The minimum absolute atomic E-state index is 0.568. The average molecular weight is 214 g/mol. The summed E-state index contributed by atoms with van der Waals surface area (Å²) in [5, 5.41) is 3.44. The number of ether oxygens (including phenoxy) is 1. The van der Waals surface area contributed by atoms with Crippen molar-refractivity contribution in [1.29, 1.82) is 0 Å². The first kappa shape index (κ1) is 12.9. The van der Waals surface area contributed by atoms with Gasteiger partial charge in [-0.05, 0) is 19.9 Å². The fraction of sp³-hybridized carbons (Fsp3) is 1.00.